The molecular weight excluding hydrogens is 270 g/mol. The normalized spacial score (nSPS) is 11.2. The van der Waals surface area contributed by atoms with E-state index in [1.165, 1.54) is 31.3 Å². The summed E-state index contributed by atoms with van der Waals surface area (Å²) in [5.41, 5.74) is 0. The Kier molecular flexibility index (Phi) is 3.49. The first-order valence-electron chi connectivity index (χ1n) is 5.18. The van der Waals surface area contributed by atoms with Crippen LogP contribution in [-0.2, 0) is 9.84 Å². The highest BCUT2D eigenvalue weighted by Gasteiger charge is 2.20. The van der Waals surface area contributed by atoms with Crippen LogP contribution in [-0.4, -0.2) is 21.4 Å². The van der Waals surface area contributed by atoms with E-state index in [1.807, 2.05) is 0 Å². The summed E-state index contributed by atoms with van der Waals surface area (Å²) in [5, 5.41) is 2.46. The Morgan fingerprint density at radius 2 is 1.78 bits per heavy atom. The van der Waals surface area contributed by atoms with Gasteiger partial charge >= 0.3 is 0 Å². The second kappa shape index (κ2) is 4.91. The van der Waals surface area contributed by atoms with Crippen molar-refractivity contribution < 1.29 is 13.2 Å². The maximum Gasteiger partial charge on any atom is 0.261 e. The van der Waals surface area contributed by atoms with Crippen LogP contribution >= 0.6 is 11.3 Å². The lowest BCUT2D eigenvalue weighted by Crippen LogP contribution is -2.16. The maximum atomic E-state index is 12.2. The third-order valence-corrected chi connectivity index (χ3v) is 5.70. The van der Waals surface area contributed by atoms with Gasteiger partial charge in [-0.1, -0.05) is 18.2 Å². The molecule has 18 heavy (non-hydrogen) atoms. The second-order valence-corrected chi connectivity index (χ2v) is 6.77. The molecule has 2 aromatic rings. The summed E-state index contributed by atoms with van der Waals surface area (Å²) in [6.45, 7) is 0. The second-order valence-electron chi connectivity index (χ2n) is 3.51. The predicted octanol–water partition coefficient (Wildman–Crippen LogP) is 1.94. The summed E-state index contributed by atoms with van der Waals surface area (Å²) in [4.78, 5) is 12.0. The molecule has 0 aliphatic rings. The van der Waals surface area contributed by atoms with Crippen LogP contribution in [0.25, 0.3) is 0 Å². The molecule has 1 aromatic heterocycles. The summed E-state index contributed by atoms with van der Waals surface area (Å²) in [6, 6.07) is 11.1. The lowest BCUT2D eigenvalue weighted by atomic mass is 10.4. The number of nitrogens with one attached hydrogen (secondary N) is 1. The van der Waals surface area contributed by atoms with Crippen LogP contribution in [0.3, 0.4) is 0 Å². The van der Waals surface area contributed by atoms with Gasteiger partial charge in [-0.25, -0.2) is 8.42 Å². The Balaban J connectivity index is 2.43. The summed E-state index contributed by atoms with van der Waals surface area (Å²) in [6.07, 6.45) is 0. The van der Waals surface area contributed by atoms with Crippen LogP contribution in [0.2, 0.25) is 0 Å². The van der Waals surface area contributed by atoms with Crippen LogP contribution in [0, 0.1) is 0 Å². The van der Waals surface area contributed by atoms with Crippen molar-refractivity contribution in [1.82, 2.24) is 5.32 Å². The van der Waals surface area contributed by atoms with Crippen LogP contribution in [0.4, 0.5) is 0 Å². The first-order chi connectivity index (χ1) is 8.55. The van der Waals surface area contributed by atoms with Gasteiger partial charge in [-0.2, -0.15) is 0 Å². The molecular formula is C12H11NO3S2. The standard InChI is InChI=1S/C12H11NO3S2/c1-13-12(14)10-7-8-11(17-10)18(15,16)9-5-3-2-4-6-9/h2-8H,1H3,(H,13,14). The minimum absolute atomic E-state index is 0.173. The van der Waals surface area contributed by atoms with Crippen molar-refractivity contribution in [2.45, 2.75) is 9.10 Å². The van der Waals surface area contributed by atoms with Gasteiger partial charge in [0.1, 0.15) is 4.21 Å². The Morgan fingerprint density at radius 3 is 2.39 bits per heavy atom. The van der Waals surface area contributed by atoms with E-state index < -0.39 is 9.84 Å². The largest absolute Gasteiger partial charge is 0.354 e. The fourth-order valence-corrected chi connectivity index (χ4v) is 4.10. The smallest absolute Gasteiger partial charge is 0.261 e. The zero-order valence-electron chi connectivity index (χ0n) is 9.58. The third-order valence-electron chi connectivity index (χ3n) is 2.35. The number of sulfone groups is 1. The molecule has 0 saturated heterocycles. The molecule has 0 aliphatic carbocycles. The molecule has 4 nitrogen and oxygen atoms in total. The fraction of sp³-hybridized carbons (Fsp3) is 0.0833. The highest BCUT2D eigenvalue weighted by Crippen LogP contribution is 2.27. The molecule has 0 radical (unpaired) electrons. The van der Waals surface area contributed by atoms with Crippen LogP contribution in [0.5, 0.6) is 0 Å². The number of hydrogen-bond acceptors (Lipinski definition) is 4. The molecule has 1 amide bonds. The number of amides is 1. The number of carbonyl (C=O) groups excluding carboxylic acids is 1. The van der Waals surface area contributed by atoms with E-state index in [0.29, 0.717) is 4.88 Å². The maximum absolute atomic E-state index is 12.2. The molecule has 94 valence electrons. The topological polar surface area (TPSA) is 63.2 Å². The van der Waals surface area contributed by atoms with Gasteiger partial charge in [0, 0.05) is 7.05 Å². The predicted molar refractivity (Wildman–Crippen MR) is 69.6 cm³/mol. The average molecular weight is 281 g/mol. The average Bonchev–Trinajstić information content (AvgIpc) is 2.89. The summed E-state index contributed by atoms with van der Waals surface area (Å²) < 4.78 is 24.6. The number of rotatable bonds is 3. The van der Waals surface area contributed by atoms with E-state index in [2.05, 4.69) is 5.32 Å². The van der Waals surface area contributed by atoms with Gasteiger partial charge in [0.25, 0.3) is 5.91 Å². The van der Waals surface area contributed by atoms with Crippen molar-refractivity contribution in [3.63, 3.8) is 0 Å². The van der Waals surface area contributed by atoms with E-state index in [-0.39, 0.29) is 15.0 Å². The Morgan fingerprint density at radius 1 is 1.11 bits per heavy atom. The molecule has 0 saturated carbocycles. The van der Waals surface area contributed by atoms with E-state index in [4.69, 9.17) is 0 Å². The van der Waals surface area contributed by atoms with Crippen molar-refractivity contribution in [2.75, 3.05) is 7.05 Å². The Bertz CT molecular complexity index is 660. The molecule has 0 atom stereocenters. The van der Waals surface area contributed by atoms with Gasteiger partial charge in [0.15, 0.2) is 0 Å². The number of benzene rings is 1. The van der Waals surface area contributed by atoms with Gasteiger partial charge in [0.2, 0.25) is 9.84 Å². The van der Waals surface area contributed by atoms with Crippen molar-refractivity contribution >= 4 is 27.1 Å². The molecule has 0 unspecified atom stereocenters. The molecule has 1 N–H and O–H groups in total. The van der Waals surface area contributed by atoms with Gasteiger partial charge in [0.05, 0.1) is 9.77 Å². The van der Waals surface area contributed by atoms with E-state index in [1.54, 1.807) is 18.2 Å². The Hall–Kier alpha value is -1.66. The van der Waals surface area contributed by atoms with Gasteiger partial charge in [-0.3, -0.25) is 4.79 Å². The molecule has 6 heteroatoms. The lowest BCUT2D eigenvalue weighted by Gasteiger charge is -2.00. The summed E-state index contributed by atoms with van der Waals surface area (Å²) >= 11 is 0.967. The van der Waals surface area contributed by atoms with Gasteiger partial charge in [-0.05, 0) is 24.3 Å². The van der Waals surface area contributed by atoms with Crippen molar-refractivity contribution in [3.8, 4) is 0 Å². The minimum Gasteiger partial charge on any atom is -0.354 e. The van der Waals surface area contributed by atoms with Crippen molar-refractivity contribution in [2.24, 2.45) is 0 Å². The van der Waals surface area contributed by atoms with Crippen LogP contribution in [0.1, 0.15) is 9.67 Å². The number of hydrogen-bond donors (Lipinski definition) is 1. The monoisotopic (exact) mass is 281 g/mol. The molecule has 0 bridgehead atoms. The first-order valence-corrected chi connectivity index (χ1v) is 7.47. The molecule has 1 heterocycles. The van der Waals surface area contributed by atoms with E-state index in [0.717, 1.165) is 11.3 Å². The molecule has 2 rings (SSSR count). The van der Waals surface area contributed by atoms with E-state index >= 15 is 0 Å². The summed E-state index contributed by atoms with van der Waals surface area (Å²) in [5.74, 6) is -0.283. The molecule has 0 aliphatic heterocycles. The summed E-state index contributed by atoms with van der Waals surface area (Å²) in [7, 11) is -2.01. The number of carbonyl (C=O) groups is 1. The van der Waals surface area contributed by atoms with Gasteiger partial charge < -0.3 is 5.32 Å². The lowest BCUT2D eigenvalue weighted by molar-refractivity contribution is 0.0967. The van der Waals surface area contributed by atoms with E-state index in [9.17, 15) is 13.2 Å². The van der Waals surface area contributed by atoms with Crippen LogP contribution < -0.4 is 5.32 Å². The Labute approximate surface area is 109 Å². The van der Waals surface area contributed by atoms with Gasteiger partial charge in [-0.15, -0.1) is 11.3 Å². The molecule has 1 aromatic carbocycles. The minimum atomic E-state index is -3.52. The zero-order chi connectivity index (χ0) is 13.2. The van der Waals surface area contributed by atoms with Crippen molar-refractivity contribution in [3.05, 3.63) is 47.3 Å². The number of thiophene rings is 1. The highest BCUT2D eigenvalue weighted by molar-refractivity contribution is 7.93. The zero-order valence-corrected chi connectivity index (χ0v) is 11.2. The molecule has 0 spiro atoms. The van der Waals surface area contributed by atoms with Crippen molar-refractivity contribution in [1.29, 1.82) is 0 Å². The molecule has 0 fully saturated rings. The SMILES string of the molecule is CNC(=O)c1ccc(S(=O)(=O)c2ccccc2)s1. The quantitative estimate of drug-likeness (QED) is 0.935. The third kappa shape index (κ3) is 2.30. The first kappa shape index (κ1) is 12.8. The van der Waals surface area contributed by atoms with Crippen LogP contribution in [0.15, 0.2) is 51.6 Å². The fourth-order valence-electron chi connectivity index (χ4n) is 1.43. The highest BCUT2D eigenvalue weighted by atomic mass is 32.2.